The van der Waals surface area contributed by atoms with E-state index in [-0.39, 0.29) is 0 Å². The van der Waals surface area contributed by atoms with E-state index in [0.29, 0.717) is 11.9 Å². The molecule has 80 valence electrons. The summed E-state index contributed by atoms with van der Waals surface area (Å²) in [5.74, 6) is 0.692. The number of halogens is 1. The van der Waals surface area contributed by atoms with Crippen LogP contribution in [-0.2, 0) is 6.42 Å². The standard InChI is InChI=1S/C10H18ClN3/c1-3-5-9(2)14-8-10(12-13-14)6-4-7-11/h8-9H,3-7H2,1-2H3. The van der Waals surface area contributed by atoms with Crippen molar-refractivity contribution >= 4 is 11.6 Å². The van der Waals surface area contributed by atoms with Crippen molar-refractivity contribution < 1.29 is 0 Å². The summed E-state index contributed by atoms with van der Waals surface area (Å²) in [6.07, 6.45) is 6.27. The van der Waals surface area contributed by atoms with Gasteiger partial charge >= 0.3 is 0 Å². The Hall–Kier alpha value is -0.570. The summed E-state index contributed by atoms with van der Waals surface area (Å²) in [5.41, 5.74) is 1.05. The fourth-order valence-electron chi connectivity index (χ4n) is 1.44. The molecule has 0 aliphatic rings. The van der Waals surface area contributed by atoms with Crippen LogP contribution in [0, 0.1) is 0 Å². The molecule has 3 nitrogen and oxygen atoms in total. The van der Waals surface area contributed by atoms with Crippen LogP contribution in [0.25, 0.3) is 0 Å². The van der Waals surface area contributed by atoms with Gasteiger partial charge in [0.25, 0.3) is 0 Å². The molecule has 0 aliphatic carbocycles. The fourth-order valence-corrected chi connectivity index (χ4v) is 1.57. The molecule has 14 heavy (non-hydrogen) atoms. The first-order chi connectivity index (χ1) is 6.77. The first kappa shape index (κ1) is 11.5. The third-order valence-electron chi connectivity index (χ3n) is 2.28. The minimum atomic E-state index is 0.456. The molecule has 0 amide bonds. The number of hydrogen-bond acceptors (Lipinski definition) is 2. The van der Waals surface area contributed by atoms with Crippen LogP contribution in [0.3, 0.4) is 0 Å². The number of hydrogen-bond donors (Lipinski definition) is 0. The molecule has 0 bridgehead atoms. The number of rotatable bonds is 6. The van der Waals surface area contributed by atoms with Crippen molar-refractivity contribution in [3.05, 3.63) is 11.9 Å². The van der Waals surface area contributed by atoms with Gasteiger partial charge in [-0.15, -0.1) is 16.7 Å². The molecule has 0 spiro atoms. The summed E-state index contributed by atoms with van der Waals surface area (Å²) in [6.45, 7) is 4.35. The lowest BCUT2D eigenvalue weighted by Gasteiger charge is -2.08. The zero-order valence-corrected chi connectivity index (χ0v) is 9.67. The van der Waals surface area contributed by atoms with Crippen LogP contribution in [-0.4, -0.2) is 20.9 Å². The minimum absolute atomic E-state index is 0.456. The molecule has 0 aromatic carbocycles. The molecule has 0 N–H and O–H groups in total. The van der Waals surface area contributed by atoms with E-state index in [1.165, 1.54) is 6.42 Å². The quantitative estimate of drug-likeness (QED) is 0.684. The topological polar surface area (TPSA) is 30.7 Å². The van der Waals surface area contributed by atoms with Gasteiger partial charge in [-0.1, -0.05) is 18.6 Å². The highest BCUT2D eigenvalue weighted by atomic mass is 35.5. The maximum absolute atomic E-state index is 5.62. The Kier molecular flexibility index (Phi) is 4.94. The molecule has 1 aromatic rings. The highest BCUT2D eigenvalue weighted by molar-refractivity contribution is 6.17. The first-order valence-corrected chi connectivity index (χ1v) is 5.78. The predicted octanol–water partition coefficient (Wildman–Crippen LogP) is 2.81. The average molecular weight is 216 g/mol. The monoisotopic (exact) mass is 215 g/mol. The molecular formula is C10H18ClN3. The maximum Gasteiger partial charge on any atom is 0.0827 e. The second kappa shape index (κ2) is 6.02. The summed E-state index contributed by atoms with van der Waals surface area (Å²) >= 11 is 5.62. The van der Waals surface area contributed by atoms with E-state index in [1.54, 1.807) is 0 Å². The Balaban J connectivity index is 2.49. The summed E-state index contributed by atoms with van der Waals surface area (Å²) in [4.78, 5) is 0. The molecule has 0 fully saturated rings. The van der Waals surface area contributed by atoms with Gasteiger partial charge < -0.3 is 0 Å². The lowest BCUT2D eigenvalue weighted by atomic mass is 10.2. The van der Waals surface area contributed by atoms with E-state index >= 15 is 0 Å². The minimum Gasteiger partial charge on any atom is -0.250 e. The largest absolute Gasteiger partial charge is 0.250 e. The molecule has 1 aromatic heterocycles. The van der Waals surface area contributed by atoms with Crippen molar-refractivity contribution in [1.82, 2.24) is 15.0 Å². The van der Waals surface area contributed by atoms with Gasteiger partial charge in [0, 0.05) is 12.1 Å². The molecule has 1 rings (SSSR count). The lowest BCUT2D eigenvalue weighted by molar-refractivity contribution is 0.443. The summed E-state index contributed by atoms with van der Waals surface area (Å²) in [5, 5.41) is 8.22. The van der Waals surface area contributed by atoms with Crippen LogP contribution in [0.4, 0.5) is 0 Å². The van der Waals surface area contributed by atoms with Gasteiger partial charge in [0.2, 0.25) is 0 Å². The molecule has 1 heterocycles. The molecule has 0 saturated carbocycles. The van der Waals surface area contributed by atoms with E-state index in [9.17, 15) is 0 Å². The van der Waals surface area contributed by atoms with Crippen molar-refractivity contribution in [2.75, 3.05) is 5.88 Å². The van der Waals surface area contributed by atoms with Crippen LogP contribution in [0.1, 0.15) is 44.8 Å². The highest BCUT2D eigenvalue weighted by Gasteiger charge is 2.06. The molecule has 0 radical (unpaired) electrons. The van der Waals surface area contributed by atoms with Gasteiger partial charge in [-0.05, 0) is 26.2 Å². The van der Waals surface area contributed by atoms with Crippen molar-refractivity contribution in [2.45, 2.75) is 45.6 Å². The van der Waals surface area contributed by atoms with Gasteiger partial charge in [0.15, 0.2) is 0 Å². The van der Waals surface area contributed by atoms with E-state index in [1.807, 2.05) is 10.9 Å². The SMILES string of the molecule is CCCC(C)n1cc(CCCCl)nn1. The second-order valence-corrected chi connectivity index (χ2v) is 4.00. The van der Waals surface area contributed by atoms with Crippen molar-refractivity contribution in [3.63, 3.8) is 0 Å². The van der Waals surface area contributed by atoms with Crippen molar-refractivity contribution in [2.24, 2.45) is 0 Å². The molecule has 1 atom stereocenters. The normalized spacial score (nSPS) is 13.1. The Bertz CT molecular complexity index is 260. The van der Waals surface area contributed by atoms with Crippen LogP contribution in [0.15, 0.2) is 6.20 Å². The molecule has 0 saturated heterocycles. The van der Waals surface area contributed by atoms with Gasteiger partial charge in [-0.25, -0.2) is 4.68 Å². The van der Waals surface area contributed by atoms with E-state index in [0.717, 1.165) is 25.0 Å². The highest BCUT2D eigenvalue weighted by Crippen LogP contribution is 2.11. The van der Waals surface area contributed by atoms with Gasteiger partial charge in [-0.3, -0.25) is 0 Å². The first-order valence-electron chi connectivity index (χ1n) is 5.24. The van der Waals surface area contributed by atoms with E-state index in [4.69, 9.17) is 11.6 Å². The number of aromatic nitrogens is 3. The number of alkyl halides is 1. The Labute approximate surface area is 90.4 Å². The summed E-state index contributed by atoms with van der Waals surface area (Å²) < 4.78 is 1.95. The summed E-state index contributed by atoms with van der Waals surface area (Å²) in [7, 11) is 0. The smallest absolute Gasteiger partial charge is 0.0827 e. The molecule has 1 unspecified atom stereocenters. The van der Waals surface area contributed by atoms with Crippen LogP contribution >= 0.6 is 11.6 Å². The lowest BCUT2D eigenvalue weighted by Crippen LogP contribution is -2.05. The number of nitrogens with zero attached hydrogens (tertiary/aromatic N) is 3. The molecule has 0 aliphatic heterocycles. The third kappa shape index (κ3) is 3.29. The van der Waals surface area contributed by atoms with Gasteiger partial charge in [0.05, 0.1) is 11.7 Å². The Morgan fingerprint density at radius 3 is 3.00 bits per heavy atom. The van der Waals surface area contributed by atoms with Gasteiger partial charge in [-0.2, -0.15) is 0 Å². The zero-order valence-electron chi connectivity index (χ0n) is 8.91. The summed E-state index contributed by atoms with van der Waals surface area (Å²) in [6, 6.07) is 0.456. The van der Waals surface area contributed by atoms with Crippen molar-refractivity contribution in [1.29, 1.82) is 0 Å². The average Bonchev–Trinajstić information content (AvgIpc) is 2.63. The molecule has 4 heteroatoms. The van der Waals surface area contributed by atoms with E-state index < -0.39 is 0 Å². The van der Waals surface area contributed by atoms with Crippen LogP contribution < -0.4 is 0 Å². The fraction of sp³-hybridized carbons (Fsp3) is 0.800. The van der Waals surface area contributed by atoms with Crippen LogP contribution in [0.2, 0.25) is 0 Å². The zero-order chi connectivity index (χ0) is 10.4. The molecular weight excluding hydrogens is 198 g/mol. The number of aryl methyl sites for hydroxylation is 1. The predicted molar refractivity (Wildman–Crippen MR) is 58.7 cm³/mol. The second-order valence-electron chi connectivity index (χ2n) is 3.62. The third-order valence-corrected chi connectivity index (χ3v) is 2.55. The maximum atomic E-state index is 5.62. The Morgan fingerprint density at radius 2 is 2.36 bits per heavy atom. The van der Waals surface area contributed by atoms with Crippen molar-refractivity contribution in [3.8, 4) is 0 Å². The van der Waals surface area contributed by atoms with Crippen LogP contribution in [0.5, 0.6) is 0 Å². The van der Waals surface area contributed by atoms with E-state index in [2.05, 4.69) is 24.2 Å². The Morgan fingerprint density at radius 1 is 1.57 bits per heavy atom. The van der Waals surface area contributed by atoms with Gasteiger partial charge in [0.1, 0.15) is 0 Å².